The molecule has 0 aliphatic rings. The molecule has 0 unspecified atom stereocenters. The average molecular weight is 366 g/mol. The molecule has 25 heavy (non-hydrogen) atoms. The zero-order chi connectivity index (χ0) is 18.2. The van der Waals surface area contributed by atoms with Crippen LogP contribution in [-0.2, 0) is 11.2 Å². The Morgan fingerprint density at radius 1 is 0.960 bits per heavy atom. The topological polar surface area (TPSA) is 49.3 Å². The molecule has 1 aromatic rings. The molecule has 1 amide bonds. The zero-order valence-electron chi connectivity index (χ0n) is 15.8. The molecule has 4 heteroatoms. The number of hydrogen-bond donors (Lipinski definition) is 2. The van der Waals surface area contributed by atoms with E-state index in [9.17, 15) is 9.90 Å². The smallest absolute Gasteiger partial charge is 0.220 e. The van der Waals surface area contributed by atoms with E-state index >= 15 is 0 Å². The van der Waals surface area contributed by atoms with Gasteiger partial charge in [0.05, 0.1) is 0 Å². The minimum absolute atomic E-state index is 0.141. The monoisotopic (exact) mass is 365 g/mol. The van der Waals surface area contributed by atoms with Crippen LogP contribution in [0.4, 0.5) is 0 Å². The molecule has 0 fully saturated rings. The molecule has 1 rings (SSSR count). The second kappa shape index (κ2) is 15.1. The maximum Gasteiger partial charge on any atom is 0.220 e. The lowest BCUT2D eigenvalue weighted by Gasteiger charge is -2.06. The second-order valence-corrected chi connectivity index (χ2v) is 7.83. The SMILES string of the molecule is CCCCCCCCCCSCCC(=O)NCCc1ccc(O)cc1. The number of nitrogens with one attached hydrogen (secondary N) is 1. The Labute approximate surface area is 158 Å². The highest BCUT2D eigenvalue weighted by Gasteiger charge is 2.01. The van der Waals surface area contributed by atoms with Gasteiger partial charge in [-0.05, 0) is 36.3 Å². The standard InChI is InChI=1S/C21H35NO2S/c1-2-3-4-5-6-7-8-9-17-25-18-15-21(24)22-16-14-19-10-12-20(23)13-11-19/h10-13,23H,2-9,14-18H2,1H3,(H,22,24). The Morgan fingerprint density at radius 3 is 2.28 bits per heavy atom. The van der Waals surface area contributed by atoms with Gasteiger partial charge in [-0.15, -0.1) is 0 Å². The van der Waals surface area contributed by atoms with Crippen LogP contribution in [0.25, 0.3) is 0 Å². The van der Waals surface area contributed by atoms with Gasteiger partial charge < -0.3 is 10.4 Å². The highest BCUT2D eigenvalue weighted by molar-refractivity contribution is 7.99. The first-order chi connectivity index (χ1) is 12.2. The first-order valence-electron chi connectivity index (χ1n) is 9.84. The van der Waals surface area contributed by atoms with Crippen LogP contribution in [0, 0.1) is 0 Å². The lowest BCUT2D eigenvalue weighted by atomic mass is 10.1. The summed E-state index contributed by atoms with van der Waals surface area (Å²) in [5.41, 5.74) is 1.13. The summed E-state index contributed by atoms with van der Waals surface area (Å²) in [6.45, 7) is 2.92. The third-order valence-corrected chi connectivity index (χ3v) is 5.36. The van der Waals surface area contributed by atoms with Crippen LogP contribution < -0.4 is 5.32 Å². The van der Waals surface area contributed by atoms with Gasteiger partial charge in [0.2, 0.25) is 5.91 Å². The summed E-state index contributed by atoms with van der Waals surface area (Å²) in [5, 5.41) is 12.2. The summed E-state index contributed by atoms with van der Waals surface area (Å²) in [4.78, 5) is 11.8. The Bertz CT molecular complexity index is 448. The van der Waals surface area contributed by atoms with Crippen molar-refractivity contribution in [2.75, 3.05) is 18.1 Å². The third kappa shape index (κ3) is 12.8. The first-order valence-corrected chi connectivity index (χ1v) is 11.0. The molecule has 142 valence electrons. The summed E-state index contributed by atoms with van der Waals surface area (Å²) in [5.74, 6) is 2.51. The quantitative estimate of drug-likeness (QED) is 0.414. The van der Waals surface area contributed by atoms with E-state index in [-0.39, 0.29) is 11.7 Å². The maximum absolute atomic E-state index is 11.8. The van der Waals surface area contributed by atoms with Gasteiger partial charge in [-0.1, -0.05) is 64.0 Å². The third-order valence-electron chi connectivity index (χ3n) is 4.29. The van der Waals surface area contributed by atoms with Gasteiger partial charge in [-0.25, -0.2) is 0 Å². The number of amides is 1. The Kier molecular flexibility index (Phi) is 13.2. The summed E-state index contributed by atoms with van der Waals surface area (Å²) < 4.78 is 0. The molecule has 0 aromatic heterocycles. The van der Waals surface area contributed by atoms with Crippen molar-refractivity contribution in [1.29, 1.82) is 0 Å². The van der Waals surface area contributed by atoms with E-state index in [1.807, 2.05) is 23.9 Å². The largest absolute Gasteiger partial charge is 0.508 e. The van der Waals surface area contributed by atoms with Crippen molar-refractivity contribution in [3.05, 3.63) is 29.8 Å². The van der Waals surface area contributed by atoms with Crippen LogP contribution in [-0.4, -0.2) is 29.1 Å². The molecular weight excluding hydrogens is 330 g/mol. The molecule has 0 atom stereocenters. The van der Waals surface area contributed by atoms with Crippen LogP contribution in [0.5, 0.6) is 5.75 Å². The fourth-order valence-electron chi connectivity index (χ4n) is 2.70. The summed E-state index contributed by atoms with van der Waals surface area (Å²) in [6, 6.07) is 7.14. The molecule has 1 aromatic carbocycles. The number of phenols is 1. The summed E-state index contributed by atoms with van der Waals surface area (Å²) in [6.07, 6.45) is 12.3. The van der Waals surface area contributed by atoms with E-state index < -0.39 is 0 Å². The molecule has 0 aliphatic carbocycles. The van der Waals surface area contributed by atoms with E-state index in [0.717, 1.165) is 17.7 Å². The number of aromatic hydroxyl groups is 1. The molecule has 0 heterocycles. The fourth-order valence-corrected chi connectivity index (χ4v) is 3.64. The van der Waals surface area contributed by atoms with Gasteiger partial charge in [0.1, 0.15) is 5.75 Å². The fraction of sp³-hybridized carbons (Fsp3) is 0.667. The summed E-state index contributed by atoms with van der Waals surface area (Å²) >= 11 is 1.90. The lowest BCUT2D eigenvalue weighted by molar-refractivity contribution is -0.120. The normalized spacial score (nSPS) is 10.8. The minimum Gasteiger partial charge on any atom is -0.508 e. The van der Waals surface area contributed by atoms with Crippen molar-refractivity contribution in [2.45, 2.75) is 71.1 Å². The predicted molar refractivity (Wildman–Crippen MR) is 109 cm³/mol. The van der Waals surface area contributed by atoms with Crippen molar-refractivity contribution in [3.8, 4) is 5.75 Å². The van der Waals surface area contributed by atoms with Gasteiger partial charge in [-0.2, -0.15) is 11.8 Å². The molecular formula is C21H35NO2S. The van der Waals surface area contributed by atoms with E-state index in [2.05, 4.69) is 12.2 Å². The van der Waals surface area contributed by atoms with Crippen LogP contribution in [0.1, 0.15) is 70.3 Å². The van der Waals surface area contributed by atoms with Gasteiger partial charge >= 0.3 is 0 Å². The van der Waals surface area contributed by atoms with E-state index in [1.54, 1.807) is 12.1 Å². The molecule has 0 saturated heterocycles. The van der Waals surface area contributed by atoms with Crippen molar-refractivity contribution in [1.82, 2.24) is 5.32 Å². The molecule has 0 aliphatic heterocycles. The molecule has 0 bridgehead atoms. The minimum atomic E-state index is 0.141. The van der Waals surface area contributed by atoms with Crippen molar-refractivity contribution >= 4 is 17.7 Å². The van der Waals surface area contributed by atoms with Crippen LogP contribution in [0.15, 0.2) is 24.3 Å². The van der Waals surface area contributed by atoms with Gasteiger partial charge in [-0.3, -0.25) is 4.79 Å². The van der Waals surface area contributed by atoms with Crippen LogP contribution in [0.3, 0.4) is 0 Å². The number of phenolic OH excluding ortho intramolecular Hbond substituents is 1. The first kappa shape index (κ1) is 21.9. The number of thioether (sulfide) groups is 1. The second-order valence-electron chi connectivity index (χ2n) is 6.60. The Morgan fingerprint density at radius 2 is 1.60 bits per heavy atom. The molecule has 3 nitrogen and oxygen atoms in total. The number of carbonyl (C=O) groups is 1. The van der Waals surface area contributed by atoms with Crippen molar-refractivity contribution in [2.24, 2.45) is 0 Å². The highest BCUT2D eigenvalue weighted by Crippen LogP contribution is 2.12. The average Bonchev–Trinajstić information content (AvgIpc) is 2.61. The molecule has 2 N–H and O–H groups in total. The van der Waals surface area contributed by atoms with Crippen molar-refractivity contribution in [3.63, 3.8) is 0 Å². The predicted octanol–water partition coefficient (Wildman–Crippen LogP) is 5.31. The number of hydrogen-bond acceptors (Lipinski definition) is 3. The summed E-state index contributed by atoms with van der Waals surface area (Å²) in [7, 11) is 0. The molecule has 0 saturated carbocycles. The van der Waals surface area contributed by atoms with Gasteiger partial charge in [0.25, 0.3) is 0 Å². The van der Waals surface area contributed by atoms with E-state index in [1.165, 1.54) is 57.1 Å². The van der Waals surface area contributed by atoms with Crippen molar-refractivity contribution < 1.29 is 9.90 Å². The van der Waals surface area contributed by atoms with Crippen LogP contribution >= 0.6 is 11.8 Å². The zero-order valence-corrected chi connectivity index (χ0v) is 16.6. The maximum atomic E-state index is 11.8. The number of benzene rings is 1. The molecule has 0 radical (unpaired) electrons. The lowest BCUT2D eigenvalue weighted by Crippen LogP contribution is -2.25. The van der Waals surface area contributed by atoms with Gasteiger partial charge in [0.15, 0.2) is 0 Å². The Balaban J connectivity index is 1.86. The van der Waals surface area contributed by atoms with E-state index in [4.69, 9.17) is 0 Å². The number of rotatable bonds is 15. The van der Waals surface area contributed by atoms with Crippen LogP contribution in [0.2, 0.25) is 0 Å². The number of unbranched alkanes of at least 4 members (excludes halogenated alkanes) is 7. The van der Waals surface area contributed by atoms with Gasteiger partial charge in [0, 0.05) is 18.7 Å². The molecule has 0 spiro atoms. The highest BCUT2D eigenvalue weighted by atomic mass is 32.2. The number of carbonyl (C=O) groups excluding carboxylic acids is 1. The van der Waals surface area contributed by atoms with E-state index in [0.29, 0.717) is 13.0 Å². The Hall–Kier alpha value is -1.16.